The molecule has 9 heteroatoms. The number of anilines is 2. The van der Waals surface area contributed by atoms with Gasteiger partial charge in [0, 0.05) is 17.9 Å². The maximum absolute atomic E-state index is 12.2. The first-order valence-electron chi connectivity index (χ1n) is 8.71. The second kappa shape index (κ2) is 8.39. The fraction of sp³-hybridized carbons (Fsp3) is 0.0476. The van der Waals surface area contributed by atoms with E-state index in [1.807, 2.05) is 30.3 Å². The summed E-state index contributed by atoms with van der Waals surface area (Å²) in [6, 6.07) is 14.0. The van der Waals surface area contributed by atoms with E-state index in [-0.39, 0.29) is 17.5 Å². The summed E-state index contributed by atoms with van der Waals surface area (Å²) in [6.07, 6.45) is 1.51. The number of thiazole rings is 1. The molecule has 0 bridgehead atoms. The minimum atomic E-state index is -0.600. The Morgan fingerprint density at radius 3 is 2.60 bits per heavy atom. The lowest BCUT2D eigenvalue weighted by Gasteiger charge is -2.17. The van der Waals surface area contributed by atoms with Gasteiger partial charge in [-0.05, 0) is 36.4 Å². The Balaban J connectivity index is 1.63. The standard InChI is InChI=1S/C21H13Cl2N3O3S/c1-12(27)26(15-5-3-2-4-6-15)21-24-14(11-30-21)10-18-20(28)29-19(25-18)13-7-8-16(22)17(23)9-13/h2-11H,1H3/b18-10-. The number of benzene rings is 2. The van der Waals surface area contributed by atoms with Gasteiger partial charge in [-0.1, -0.05) is 41.4 Å². The minimum absolute atomic E-state index is 0.0991. The van der Waals surface area contributed by atoms with E-state index in [1.165, 1.54) is 29.2 Å². The molecule has 4 rings (SSSR count). The van der Waals surface area contributed by atoms with Crippen LogP contribution in [0.2, 0.25) is 10.0 Å². The highest BCUT2D eigenvalue weighted by molar-refractivity contribution is 7.14. The van der Waals surface area contributed by atoms with Crippen LogP contribution in [0.4, 0.5) is 10.8 Å². The molecule has 1 aliphatic heterocycles. The van der Waals surface area contributed by atoms with Gasteiger partial charge in [0.2, 0.25) is 11.8 Å². The average molecular weight is 458 g/mol. The van der Waals surface area contributed by atoms with Crippen LogP contribution in [0.3, 0.4) is 0 Å². The van der Waals surface area contributed by atoms with E-state index in [9.17, 15) is 9.59 Å². The van der Waals surface area contributed by atoms with Crippen LogP contribution in [0.5, 0.6) is 0 Å². The second-order valence-corrected chi connectivity index (χ2v) is 7.86. The molecule has 0 fully saturated rings. The lowest BCUT2D eigenvalue weighted by Crippen LogP contribution is -2.22. The number of amides is 1. The Morgan fingerprint density at radius 1 is 1.13 bits per heavy atom. The number of nitrogens with zero attached hydrogens (tertiary/aromatic N) is 3. The zero-order chi connectivity index (χ0) is 21.3. The third-order valence-electron chi connectivity index (χ3n) is 4.10. The second-order valence-electron chi connectivity index (χ2n) is 6.21. The minimum Gasteiger partial charge on any atom is -0.402 e. The highest BCUT2D eigenvalue weighted by atomic mass is 35.5. The topological polar surface area (TPSA) is 71.9 Å². The third-order valence-corrected chi connectivity index (χ3v) is 5.69. The van der Waals surface area contributed by atoms with Gasteiger partial charge in [-0.25, -0.2) is 14.8 Å². The smallest absolute Gasteiger partial charge is 0.363 e. The summed E-state index contributed by atoms with van der Waals surface area (Å²) in [5.74, 6) is -0.637. The van der Waals surface area contributed by atoms with Gasteiger partial charge >= 0.3 is 5.97 Å². The third kappa shape index (κ3) is 4.14. The van der Waals surface area contributed by atoms with Crippen LogP contribution in [0, 0.1) is 0 Å². The van der Waals surface area contributed by atoms with Gasteiger partial charge in [0.1, 0.15) is 0 Å². The fourth-order valence-corrected chi connectivity index (χ4v) is 3.89. The number of ether oxygens (including phenoxy) is 1. The van der Waals surface area contributed by atoms with Gasteiger partial charge in [0.05, 0.1) is 21.4 Å². The highest BCUT2D eigenvalue weighted by Gasteiger charge is 2.25. The molecule has 2 heterocycles. The van der Waals surface area contributed by atoms with Crippen LogP contribution in [0.25, 0.3) is 6.08 Å². The molecular formula is C21H13Cl2N3O3S. The van der Waals surface area contributed by atoms with Crippen molar-refractivity contribution in [3.63, 3.8) is 0 Å². The summed E-state index contributed by atoms with van der Waals surface area (Å²) >= 11 is 13.2. The zero-order valence-corrected chi connectivity index (χ0v) is 17.8. The molecule has 0 saturated heterocycles. The Kier molecular flexibility index (Phi) is 5.67. The number of esters is 1. The summed E-state index contributed by atoms with van der Waals surface area (Å²) in [4.78, 5) is 34.6. The number of hydrogen-bond acceptors (Lipinski definition) is 6. The maximum atomic E-state index is 12.2. The fourth-order valence-electron chi connectivity index (χ4n) is 2.75. The van der Waals surface area contributed by atoms with E-state index in [1.54, 1.807) is 23.6 Å². The molecule has 30 heavy (non-hydrogen) atoms. The van der Waals surface area contributed by atoms with Gasteiger partial charge in [-0.2, -0.15) is 0 Å². The molecule has 0 aliphatic carbocycles. The van der Waals surface area contributed by atoms with Crippen LogP contribution >= 0.6 is 34.5 Å². The molecule has 0 N–H and O–H groups in total. The van der Waals surface area contributed by atoms with Gasteiger partial charge in [-0.3, -0.25) is 9.69 Å². The number of para-hydroxylation sites is 1. The summed E-state index contributed by atoms with van der Waals surface area (Å²) in [7, 11) is 0. The largest absolute Gasteiger partial charge is 0.402 e. The van der Waals surface area contributed by atoms with Crippen molar-refractivity contribution in [1.29, 1.82) is 0 Å². The van der Waals surface area contributed by atoms with E-state index < -0.39 is 5.97 Å². The van der Waals surface area contributed by atoms with Crippen molar-refractivity contribution < 1.29 is 14.3 Å². The number of aromatic nitrogens is 1. The highest BCUT2D eigenvalue weighted by Crippen LogP contribution is 2.30. The van der Waals surface area contributed by atoms with Gasteiger partial charge < -0.3 is 4.74 Å². The molecule has 0 radical (unpaired) electrons. The maximum Gasteiger partial charge on any atom is 0.363 e. The first-order chi connectivity index (χ1) is 14.4. The molecule has 3 aromatic rings. The molecule has 0 saturated carbocycles. The van der Waals surface area contributed by atoms with Crippen molar-refractivity contribution in [3.8, 4) is 0 Å². The van der Waals surface area contributed by atoms with Crippen molar-refractivity contribution in [2.45, 2.75) is 6.92 Å². The molecule has 2 aromatic carbocycles. The van der Waals surface area contributed by atoms with Gasteiger partial charge in [0.15, 0.2) is 10.8 Å². The van der Waals surface area contributed by atoms with Gasteiger partial charge in [-0.15, -0.1) is 11.3 Å². The first-order valence-corrected chi connectivity index (χ1v) is 10.3. The normalized spacial score (nSPS) is 14.6. The van der Waals surface area contributed by atoms with Crippen molar-refractivity contribution in [2.75, 3.05) is 4.90 Å². The van der Waals surface area contributed by atoms with Crippen LogP contribution in [0.15, 0.2) is 64.6 Å². The molecule has 1 aromatic heterocycles. The lowest BCUT2D eigenvalue weighted by molar-refractivity contribution is -0.130. The zero-order valence-electron chi connectivity index (χ0n) is 15.5. The quantitative estimate of drug-likeness (QED) is 0.384. The van der Waals surface area contributed by atoms with Crippen LogP contribution in [-0.4, -0.2) is 22.8 Å². The van der Waals surface area contributed by atoms with Crippen molar-refractivity contribution in [2.24, 2.45) is 4.99 Å². The number of carbonyl (C=O) groups excluding carboxylic acids is 2. The van der Waals surface area contributed by atoms with Crippen molar-refractivity contribution >= 4 is 69.2 Å². The van der Waals surface area contributed by atoms with Crippen LogP contribution < -0.4 is 4.90 Å². The van der Waals surface area contributed by atoms with Crippen LogP contribution in [0.1, 0.15) is 18.2 Å². The molecule has 0 atom stereocenters. The predicted octanol–water partition coefficient (Wildman–Crippen LogP) is 5.48. The number of hydrogen-bond donors (Lipinski definition) is 0. The first kappa shape index (κ1) is 20.3. The summed E-state index contributed by atoms with van der Waals surface area (Å²) in [5, 5.41) is 2.95. The number of aliphatic imine (C=N–C) groups is 1. The Bertz CT molecular complexity index is 1210. The number of cyclic esters (lactones) is 1. The molecule has 1 amide bonds. The molecular weight excluding hydrogens is 445 g/mol. The number of rotatable bonds is 4. The van der Waals surface area contributed by atoms with E-state index in [4.69, 9.17) is 27.9 Å². The SMILES string of the molecule is CC(=O)N(c1ccccc1)c1nc(/C=C2\N=C(c3ccc(Cl)c(Cl)c3)OC2=O)cs1. The Hall–Kier alpha value is -3.00. The average Bonchev–Trinajstić information content (AvgIpc) is 3.32. The molecule has 1 aliphatic rings. The van der Waals surface area contributed by atoms with E-state index >= 15 is 0 Å². The molecule has 0 unspecified atom stereocenters. The van der Waals surface area contributed by atoms with Gasteiger partial charge in [0.25, 0.3) is 0 Å². The number of carbonyl (C=O) groups is 2. The monoisotopic (exact) mass is 457 g/mol. The van der Waals surface area contributed by atoms with E-state index in [0.717, 1.165) is 0 Å². The predicted molar refractivity (Wildman–Crippen MR) is 118 cm³/mol. The molecule has 6 nitrogen and oxygen atoms in total. The van der Waals surface area contributed by atoms with Crippen molar-refractivity contribution in [1.82, 2.24) is 4.98 Å². The summed E-state index contributed by atoms with van der Waals surface area (Å²) < 4.78 is 5.24. The number of halogens is 2. The summed E-state index contributed by atoms with van der Waals surface area (Å²) in [5.41, 5.74) is 1.83. The lowest BCUT2D eigenvalue weighted by atomic mass is 10.2. The van der Waals surface area contributed by atoms with E-state index in [0.29, 0.717) is 32.1 Å². The molecule has 150 valence electrons. The summed E-state index contributed by atoms with van der Waals surface area (Å²) in [6.45, 7) is 1.47. The Labute approximate surface area is 186 Å². The van der Waals surface area contributed by atoms with Crippen LogP contribution in [-0.2, 0) is 14.3 Å². The Morgan fingerprint density at radius 2 is 1.90 bits per heavy atom. The van der Waals surface area contributed by atoms with E-state index in [2.05, 4.69) is 9.98 Å². The van der Waals surface area contributed by atoms with Crippen molar-refractivity contribution in [3.05, 3.63) is 80.9 Å². The molecule has 0 spiro atoms.